The van der Waals surface area contributed by atoms with E-state index in [0.29, 0.717) is 13.1 Å². The van der Waals surface area contributed by atoms with Crippen LogP contribution in [0.4, 0.5) is 0 Å². The van der Waals surface area contributed by atoms with Gasteiger partial charge in [-0.1, -0.05) is 52.4 Å². The third-order valence-corrected chi connectivity index (χ3v) is 1.69. The van der Waals surface area contributed by atoms with E-state index in [1.165, 1.54) is 38.5 Å². The summed E-state index contributed by atoms with van der Waals surface area (Å²) in [6.07, 6.45) is 8.49. The largest absolute Gasteiger partial charge is 0.487 e. The molecule has 21 heavy (non-hydrogen) atoms. The highest BCUT2D eigenvalue weighted by molar-refractivity contribution is 7.80. The van der Waals surface area contributed by atoms with Gasteiger partial charge in [0.2, 0.25) is 0 Å². The molecular formula is C13H30N2O4S2. The molecule has 0 radical (unpaired) electrons. The zero-order valence-electron chi connectivity index (χ0n) is 13.2. The van der Waals surface area contributed by atoms with Crippen molar-refractivity contribution in [2.24, 2.45) is 11.5 Å². The Morgan fingerprint density at radius 2 is 1.24 bits per heavy atom. The average Bonchev–Trinajstić information content (AvgIpc) is 2.35. The van der Waals surface area contributed by atoms with E-state index in [-0.39, 0.29) is 0 Å². The zero-order chi connectivity index (χ0) is 17.5. The van der Waals surface area contributed by atoms with Crippen LogP contribution in [0.1, 0.15) is 59.3 Å². The van der Waals surface area contributed by atoms with Crippen LogP contribution in [0, 0.1) is 0 Å². The minimum Gasteiger partial charge on any atom is -0.487 e. The summed E-state index contributed by atoms with van der Waals surface area (Å²) < 4.78 is 4.15. The Morgan fingerprint density at radius 1 is 0.952 bits per heavy atom. The lowest BCUT2D eigenvalue weighted by Crippen LogP contribution is -2.03. The number of nitrogens with two attached hydrogens (primary N) is 2. The van der Waals surface area contributed by atoms with Crippen LogP contribution in [0.5, 0.6) is 0 Å². The first kappa shape index (κ1) is 28.1. The fraction of sp³-hybridized carbons (Fsp3) is 0.769. The highest BCUT2D eigenvalue weighted by atomic mass is 32.1. The summed E-state index contributed by atoms with van der Waals surface area (Å²) in [5.41, 5.74) is 8.80. The lowest BCUT2D eigenvalue weighted by Gasteiger charge is -1.93. The molecule has 8 heteroatoms. The molecule has 0 spiro atoms. The predicted octanol–water partition coefficient (Wildman–Crippen LogP) is 3.12. The Labute approximate surface area is 138 Å². The minimum absolute atomic E-state index is 0.431. The van der Waals surface area contributed by atoms with Gasteiger partial charge in [-0.2, -0.15) is 0 Å². The monoisotopic (exact) mass is 342 g/mol. The highest BCUT2D eigenvalue weighted by Crippen LogP contribution is 2.03. The van der Waals surface area contributed by atoms with Gasteiger partial charge in [0.25, 0.3) is 16.8 Å². The Balaban J connectivity index is -0.0000000970. The van der Waals surface area contributed by atoms with Crippen molar-refractivity contribution < 1.29 is 19.7 Å². The molecule has 0 bridgehead atoms. The topological polar surface area (TPSA) is 119 Å². The Bertz CT molecular complexity index is 204. The summed E-state index contributed by atoms with van der Waals surface area (Å²) in [7, 11) is 0. The Hall–Kier alpha value is -1.15. The molecule has 0 aliphatic rings. The van der Waals surface area contributed by atoms with Crippen LogP contribution < -0.4 is 11.5 Å². The van der Waals surface area contributed by atoms with Crippen molar-refractivity contribution in [3.63, 3.8) is 0 Å². The number of carbonyl (C=O) groups excluding carboxylic acids is 1. The van der Waals surface area contributed by atoms with Crippen LogP contribution in [0.2, 0.25) is 0 Å². The van der Waals surface area contributed by atoms with Crippen LogP contribution in [0.15, 0.2) is 0 Å². The van der Waals surface area contributed by atoms with Gasteiger partial charge in [0.05, 0.1) is 6.61 Å². The molecule has 0 amide bonds. The molecule has 0 unspecified atom stereocenters. The summed E-state index contributed by atoms with van der Waals surface area (Å²) in [6, 6.07) is 0. The van der Waals surface area contributed by atoms with Crippen LogP contribution in [0.25, 0.3) is 0 Å². The van der Waals surface area contributed by atoms with Gasteiger partial charge in [-0.25, -0.2) is 0 Å². The molecule has 128 valence electrons. The number of aliphatic hydroxyl groups excluding tert-OH is 2. The standard InChI is InChI=1S/C8H18.C3H6O2.2CH3NOS/c1-3-5-7-8-6-4-2;1-2-5-3-4;2*2-1(3)4/h3-8H2,1-2H3;3H,2H2,1H3;2*(H3,2,3,4). The molecule has 0 atom stereocenters. The maximum absolute atomic E-state index is 9.18. The number of hydrogen-bond acceptors (Lipinski definition) is 4. The van der Waals surface area contributed by atoms with Crippen LogP contribution in [-0.2, 0) is 9.53 Å². The van der Waals surface area contributed by atoms with E-state index < -0.39 is 10.3 Å². The van der Waals surface area contributed by atoms with Crippen molar-refractivity contribution in [2.75, 3.05) is 6.61 Å². The second kappa shape index (κ2) is 31.3. The first-order chi connectivity index (χ1) is 9.79. The van der Waals surface area contributed by atoms with Gasteiger partial charge in [0.15, 0.2) is 0 Å². The second-order valence-electron chi connectivity index (χ2n) is 3.64. The molecule has 0 aliphatic heterocycles. The summed E-state index contributed by atoms with van der Waals surface area (Å²) in [4.78, 5) is 9.18. The number of rotatable bonds is 7. The third-order valence-electron chi connectivity index (χ3n) is 1.69. The lowest BCUT2D eigenvalue weighted by molar-refractivity contribution is -0.128. The van der Waals surface area contributed by atoms with Crippen LogP contribution in [-0.4, -0.2) is 33.6 Å². The summed E-state index contributed by atoms with van der Waals surface area (Å²) in [5.74, 6) is 0. The molecule has 0 aromatic heterocycles. The molecule has 0 saturated heterocycles. The zero-order valence-corrected chi connectivity index (χ0v) is 14.8. The van der Waals surface area contributed by atoms with E-state index in [1.54, 1.807) is 6.92 Å². The van der Waals surface area contributed by atoms with E-state index in [4.69, 9.17) is 10.2 Å². The Kier molecular flexibility index (Phi) is 41.9. The van der Waals surface area contributed by atoms with Crippen molar-refractivity contribution in [3.05, 3.63) is 0 Å². The van der Waals surface area contributed by atoms with Gasteiger partial charge in [-0.3, -0.25) is 4.79 Å². The van der Waals surface area contributed by atoms with Gasteiger partial charge < -0.3 is 26.4 Å². The van der Waals surface area contributed by atoms with Gasteiger partial charge in [0.1, 0.15) is 0 Å². The van der Waals surface area contributed by atoms with Gasteiger partial charge in [0, 0.05) is 0 Å². The van der Waals surface area contributed by atoms with Crippen molar-refractivity contribution in [3.8, 4) is 0 Å². The first-order valence-corrected chi connectivity index (χ1v) is 7.63. The van der Waals surface area contributed by atoms with E-state index in [9.17, 15) is 4.79 Å². The molecule has 6 N–H and O–H groups in total. The molecule has 0 saturated carbocycles. The van der Waals surface area contributed by atoms with Gasteiger partial charge in [-0.05, 0) is 31.4 Å². The second-order valence-corrected chi connectivity index (χ2v) is 4.48. The number of carbonyl (C=O) groups is 1. The lowest BCUT2D eigenvalue weighted by atomic mass is 10.1. The number of ether oxygens (including phenoxy) is 1. The molecular weight excluding hydrogens is 312 g/mol. The smallest absolute Gasteiger partial charge is 0.293 e. The predicted molar refractivity (Wildman–Crippen MR) is 95.6 cm³/mol. The fourth-order valence-electron chi connectivity index (χ4n) is 0.922. The SMILES string of the molecule is CCCCCCCC.CCOC=O.NC(O)=S.NC(O)=S. The van der Waals surface area contributed by atoms with E-state index in [2.05, 4.69) is 54.5 Å². The molecule has 0 aliphatic carbocycles. The normalized spacial score (nSPS) is 7.57. The highest BCUT2D eigenvalue weighted by Gasteiger charge is 1.83. The van der Waals surface area contributed by atoms with Crippen LogP contribution >= 0.6 is 24.4 Å². The van der Waals surface area contributed by atoms with Gasteiger partial charge in [-0.15, -0.1) is 0 Å². The van der Waals surface area contributed by atoms with Crippen molar-refractivity contribution >= 4 is 41.3 Å². The Morgan fingerprint density at radius 3 is 1.33 bits per heavy atom. The number of thiocarbonyl (C=S) groups is 2. The van der Waals surface area contributed by atoms with E-state index >= 15 is 0 Å². The maximum Gasteiger partial charge on any atom is 0.293 e. The fourth-order valence-corrected chi connectivity index (χ4v) is 0.922. The molecule has 0 heterocycles. The van der Waals surface area contributed by atoms with E-state index in [0.717, 1.165) is 0 Å². The van der Waals surface area contributed by atoms with Crippen molar-refractivity contribution in [1.82, 2.24) is 0 Å². The molecule has 0 aromatic carbocycles. The minimum atomic E-state index is -0.500. The van der Waals surface area contributed by atoms with Crippen LogP contribution in [0.3, 0.4) is 0 Å². The van der Waals surface area contributed by atoms with Crippen molar-refractivity contribution in [2.45, 2.75) is 59.3 Å². The average molecular weight is 343 g/mol. The molecule has 0 fully saturated rings. The van der Waals surface area contributed by atoms with E-state index in [1.807, 2.05) is 0 Å². The number of unbranched alkanes of at least 4 members (excludes halogenated alkanes) is 5. The summed E-state index contributed by atoms with van der Waals surface area (Å²) in [5, 5.41) is 14.1. The molecule has 6 nitrogen and oxygen atoms in total. The number of hydrogen-bond donors (Lipinski definition) is 4. The molecule has 0 aromatic rings. The van der Waals surface area contributed by atoms with Crippen molar-refractivity contribution in [1.29, 1.82) is 0 Å². The maximum atomic E-state index is 9.18. The summed E-state index contributed by atoms with van der Waals surface area (Å²) in [6.45, 7) is 7.18. The third kappa shape index (κ3) is 156. The first-order valence-electron chi connectivity index (χ1n) is 6.81. The summed E-state index contributed by atoms with van der Waals surface area (Å²) >= 11 is 7.74. The quantitative estimate of drug-likeness (QED) is 0.316. The molecule has 0 rings (SSSR count). The van der Waals surface area contributed by atoms with Gasteiger partial charge >= 0.3 is 0 Å². The number of aliphatic hydroxyl groups is 2.